The summed E-state index contributed by atoms with van der Waals surface area (Å²) >= 11 is 0.746. The molecule has 254 valence electrons. The van der Waals surface area contributed by atoms with Gasteiger partial charge < -0.3 is 20.5 Å². The van der Waals surface area contributed by atoms with E-state index in [1.807, 2.05) is 86.6 Å². The first-order valence-corrected chi connectivity index (χ1v) is 17.2. The number of aromatic nitrogens is 2. The highest BCUT2D eigenvalue weighted by atomic mass is 32.2. The molecule has 5 rings (SSSR count). The van der Waals surface area contributed by atoms with Crippen molar-refractivity contribution in [3.63, 3.8) is 0 Å². The normalized spacial score (nSPS) is 13.2. The van der Waals surface area contributed by atoms with E-state index in [2.05, 4.69) is 11.5 Å². The lowest BCUT2D eigenvalue weighted by Gasteiger charge is -2.29. The molecule has 0 aliphatic heterocycles. The molecule has 9 nitrogen and oxygen atoms in total. The Morgan fingerprint density at radius 1 is 0.939 bits per heavy atom. The standard InChI is InChI=1S/C39H42N4O5S/c1-5-11-34-41-36-24(2)20-30(37(45)43(49-39(48)35(40)26(4)44)25(3)21-27-12-7-6-8-13-27)22-33(36)42(34)23-28-16-18-29(19-17-28)31-14-9-10-15-32(31)38(46)47/h6-10,12-20,22,25-26,35,44H,5,11,21,23,40H2,1-4H3,(H,46,47). The van der Waals surface area contributed by atoms with Crippen LogP contribution < -0.4 is 5.73 Å². The summed E-state index contributed by atoms with van der Waals surface area (Å²) in [5.41, 5.74) is 12.6. The number of carboxylic acids is 1. The van der Waals surface area contributed by atoms with E-state index in [-0.39, 0.29) is 17.5 Å². The molecule has 3 unspecified atom stereocenters. The Kier molecular flexibility index (Phi) is 11.3. The Morgan fingerprint density at radius 3 is 2.27 bits per heavy atom. The number of aliphatic hydroxyl groups excluding tert-OH is 1. The Balaban J connectivity index is 1.51. The zero-order valence-corrected chi connectivity index (χ0v) is 29.0. The van der Waals surface area contributed by atoms with Gasteiger partial charge in [-0.2, -0.15) is 0 Å². The summed E-state index contributed by atoms with van der Waals surface area (Å²) < 4.78 is 3.60. The summed E-state index contributed by atoms with van der Waals surface area (Å²) in [7, 11) is 0. The fraction of sp³-hybridized carbons (Fsp3) is 0.282. The second-order valence-corrected chi connectivity index (χ2v) is 13.4. The van der Waals surface area contributed by atoms with Crippen LogP contribution >= 0.6 is 11.9 Å². The molecule has 0 spiro atoms. The van der Waals surface area contributed by atoms with Crippen LogP contribution in [0.2, 0.25) is 0 Å². The van der Waals surface area contributed by atoms with Gasteiger partial charge in [0.25, 0.3) is 5.91 Å². The largest absolute Gasteiger partial charge is 0.478 e. The first-order valence-electron chi connectivity index (χ1n) is 16.4. The zero-order chi connectivity index (χ0) is 35.2. The highest BCUT2D eigenvalue weighted by Crippen LogP contribution is 2.30. The van der Waals surface area contributed by atoms with E-state index in [1.165, 1.54) is 11.2 Å². The summed E-state index contributed by atoms with van der Waals surface area (Å²) in [6, 6.07) is 26.7. The number of hydrogen-bond acceptors (Lipinski definition) is 7. The van der Waals surface area contributed by atoms with E-state index in [1.54, 1.807) is 18.2 Å². The maximum absolute atomic E-state index is 14.3. The second-order valence-electron chi connectivity index (χ2n) is 12.4. The van der Waals surface area contributed by atoms with Crippen LogP contribution in [-0.2, 0) is 24.2 Å². The quantitative estimate of drug-likeness (QED) is 0.125. The van der Waals surface area contributed by atoms with Crippen molar-refractivity contribution in [1.29, 1.82) is 0 Å². The zero-order valence-electron chi connectivity index (χ0n) is 28.2. The number of aromatic carboxylic acids is 1. The van der Waals surface area contributed by atoms with Gasteiger partial charge in [0.2, 0.25) is 5.12 Å². The molecule has 1 amide bonds. The predicted molar refractivity (Wildman–Crippen MR) is 194 cm³/mol. The molecule has 1 aromatic heterocycles. The molecule has 1 heterocycles. The summed E-state index contributed by atoms with van der Waals surface area (Å²) in [6.07, 6.45) is 1.08. The number of carbonyl (C=O) groups is 3. The van der Waals surface area contributed by atoms with Crippen molar-refractivity contribution in [2.45, 2.75) is 71.7 Å². The van der Waals surface area contributed by atoms with E-state index in [0.717, 1.165) is 63.9 Å². The lowest BCUT2D eigenvalue weighted by molar-refractivity contribution is -0.114. The van der Waals surface area contributed by atoms with Gasteiger partial charge in [0, 0.05) is 36.5 Å². The highest BCUT2D eigenvalue weighted by Gasteiger charge is 2.30. The summed E-state index contributed by atoms with van der Waals surface area (Å²) in [6.45, 7) is 7.87. The van der Waals surface area contributed by atoms with Crippen LogP contribution in [0.3, 0.4) is 0 Å². The van der Waals surface area contributed by atoms with Crippen molar-refractivity contribution in [3.8, 4) is 11.1 Å². The molecular formula is C39H42N4O5S. The van der Waals surface area contributed by atoms with Crippen molar-refractivity contribution < 1.29 is 24.6 Å². The van der Waals surface area contributed by atoms with Gasteiger partial charge >= 0.3 is 5.97 Å². The second kappa shape index (κ2) is 15.6. The van der Waals surface area contributed by atoms with Gasteiger partial charge in [0.05, 0.1) is 22.7 Å². The molecule has 0 fully saturated rings. The third kappa shape index (κ3) is 8.10. The maximum atomic E-state index is 14.3. The number of aryl methyl sites for hydroxylation is 2. The topological polar surface area (TPSA) is 139 Å². The Morgan fingerprint density at radius 2 is 1.61 bits per heavy atom. The fourth-order valence-electron chi connectivity index (χ4n) is 5.90. The number of carboxylic acid groups (broad SMARTS) is 1. The summed E-state index contributed by atoms with van der Waals surface area (Å²) in [4.78, 5) is 44.2. The third-order valence-corrected chi connectivity index (χ3v) is 9.74. The van der Waals surface area contributed by atoms with Gasteiger partial charge in [-0.05, 0) is 79.6 Å². The van der Waals surface area contributed by atoms with Gasteiger partial charge in [-0.1, -0.05) is 79.7 Å². The first-order chi connectivity index (χ1) is 23.5. The minimum absolute atomic E-state index is 0.244. The summed E-state index contributed by atoms with van der Waals surface area (Å²) in [5.74, 6) is -0.417. The van der Waals surface area contributed by atoms with Crippen molar-refractivity contribution >= 4 is 40.0 Å². The molecule has 5 aromatic rings. The molecule has 0 bridgehead atoms. The number of carbonyl (C=O) groups excluding carboxylic acids is 2. The van der Waals surface area contributed by atoms with E-state index in [9.17, 15) is 24.6 Å². The third-order valence-electron chi connectivity index (χ3n) is 8.56. The Bertz CT molecular complexity index is 1960. The number of rotatable bonds is 12. The predicted octanol–water partition coefficient (Wildman–Crippen LogP) is 6.67. The number of amides is 1. The summed E-state index contributed by atoms with van der Waals surface area (Å²) in [5, 5.41) is 19.2. The lowest BCUT2D eigenvalue weighted by atomic mass is 9.98. The van der Waals surface area contributed by atoms with Crippen LogP contribution in [0.4, 0.5) is 0 Å². The number of nitrogens with zero attached hydrogens (tertiary/aromatic N) is 3. The molecule has 49 heavy (non-hydrogen) atoms. The first kappa shape index (κ1) is 35.5. The van der Waals surface area contributed by atoms with Gasteiger partial charge in [-0.25, -0.2) is 9.78 Å². The molecule has 0 aliphatic rings. The average Bonchev–Trinajstić information content (AvgIpc) is 3.44. The van der Waals surface area contributed by atoms with Crippen molar-refractivity contribution in [3.05, 3.63) is 125 Å². The molecule has 0 saturated heterocycles. The van der Waals surface area contributed by atoms with Gasteiger partial charge in [-0.15, -0.1) is 0 Å². The molecule has 0 radical (unpaired) electrons. The monoisotopic (exact) mass is 678 g/mol. The van der Waals surface area contributed by atoms with Gasteiger partial charge in [0.15, 0.2) is 0 Å². The number of imidazole rings is 1. The number of nitrogens with two attached hydrogens (primary N) is 1. The molecule has 4 N–H and O–H groups in total. The van der Waals surface area contributed by atoms with Crippen LogP contribution in [0, 0.1) is 6.92 Å². The van der Waals surface area contributed by atoms with E-state index in [4.69, 9.17) is 10.7 Å². The molecule has 0 aliphatic carbocycles. The van der Waals surface area contributed by atoms with Gasteiger partial charge in [-0.3, -0.25) is 13.9 Å². The fourth-order valence-corrected chi connectivity index (χ4v) is 6.86. The van der Waals surface area contributed by atoms with Crippen LogP contribution in [0.5, 0.6) is 0 Å². The van der Waals surface area contributed by atoms with Crippen LogP contribution in [0.25, 0.3) is 22.2 Å². The van der Waals surface area contributed by atoms with E-state index >= 15 is 0 Å². The molecule has 0 saturated carbocycles. The molecule has 3 atom stereocenters. The minimum Gasteiger partial charge on any atom is -0.478 e. The van der Waals surface area contributed by atoms with Crippen LogP contribution in [0.15, 0.2) is 91.0 Å². The van der Waals surface area contributed by atoms with Crippen molar-refractivity contribution in [2.75, 3.05) is 0 Å². The number of aliphatic hydroxyl groups is 1. The molecule has 4 aromatic carbocycles. The number of hydrogen-bond donors (Lipinski definition) is 3. The maximum Gasteiger partial charge on any atom is 0.336 e. The Hall–Kier alpha value is -4.77. The highest BCUT2D eigenvalue weighted by molar-refractivity contribution is 8.12. The smallest absolute Gasteiger partial charge is 0.336 e. The van der Waals surface area contributed by atoms with Crippen LogP contribution in [0.1, 0.15) is 70.4 Å². The number of fused-ring (bicyclic) bond motifs is 1. The minimum atomic E-state index is -1.14. The lowest BCUT2D eigenvalue weighted by Crippen LogP contribution is -2.43. The van der Waals surface area contributed by atoms with Crippen molar-refractivity contribution in [2.24, 2.45) is 5.73 Å². The average molecular weight is 679 g/mol. The van der Waals surface area contributed by atoms with E-state index < -0.39 is 23.2 Å². The van der Waals surface area contributed by atoms with Gasteiger partial charge in [0.1, 0.15) is 11.9 Å². The van der Waals surface area contributed by atoms with E-state index in [0.29, 0.717) is 24.1 Å². The van der Waals surface area contributed by atoms with Crippen molar-refractivity contribution in [1.82, 2.24) is 13.9 Å². The SMILES string of the molecule is CCCc1nc2c(C)cc(C(=O)N(SC(=O)C(N)C(C)O)C(C)Cc3ccccc3)cc2n1Cc1ccc(-c2ccccc2C(=O)O)cc1. The Labute approximate surface area is 290 Å². The molecular weight excluding hydrogens is 637 g/mol. The van der Waals surface area contributed by atoms with Crippen LogP contribution in [-0.4, -0.2) is 59.2 Å². The molecule has 10 heteroatoms. The number of benzene rings is 4.